The Morgan fingerprint density at radius 2 is 1.49 bits per heavy atom. The number of piperazine rings is 1. The summed E-state index contributed by atoms with van der Waals surface area (Å²) in [6.45, 7) is 12.2. The number of hydrogen-bond donors (Lipinski definition) is 0. The van der Waals surface area contributed by atoms with E-state index < -0.39 is 5.41 Å². The number of Topliss-reactive ketones (excluding diaryl/α,β-unsaturated/α-hetero) is 1. The Morgan fingerprint density at radius 1 is 0.865 bits per heavy atom. The maximum atomic E-state index is 14.0. The minimum absolute atomic E-state index is 0.207. The lowest BCUT2D eigenvalue weighted by Crippen LogP contribution is -2.52. The number of carbonyl (C=O) groups excluding carboxylic acids is 1. The predicted octanol–water partition coefficient (Wildman–Crippen LogP) is 5.47. The highest BCUT2D eigenvalue weighted by atomic mass is 16.1. The Balaban J connectivity index is 1.24. The molecule has 3 heterocycles. The van der Waals surface area contributed by atoms with E-state index in [9.17, 15) is 4.79 Å². The van der Waals surface area contributed by atoms with E-state index in [1.165, 1.54) is 11.3 Å². The van der Waals surface area contributed by atoms with Crippen LogP contribution in [-0.2, 0) is 10.2 Å². The number of carbonyl (C=O) groups is 1. The summed E-state index contributed by atoms with van der Waals surface area (Å²) < 4.78 is 0. The van der Waals surface area contributed by atoms with Gasteiger partial charge in [0.1, 0.15) is 5.78 Å². The van der Waals surface area contributed by atoms with Gasteiger partial charge in [-0.1, -0.05) is 74.2 Å². The van der Waals surface area contributed by atoms with Gasteiger partial charge in [0.25, 0.3) is 0 Å². The van der Waals surface area contributed by atoms with Gasteiger partial charge < -0.3 is 14.7 Å². The summed E-state index contributed by atoms with van der Waals surface area (Å²) in [5, 5.41) is 0. The summed E-state index contributed by atoms with van der Waals surface area (Å²) in [6.07, 6.45) is 5.97. The van der Waals surface area contributed by atoms with Crippen LogP contribution < -0.4 is 4.90 Å². The van der Waals surface area contributed by atoms with E-state index >= 15 is 0 Å². The Morgan fingerprint density at radius 3 is 2.11 bits per heavy atom. The van der Waals surface area contributed by atoms with Crippen molar-refractivity contribution in [1.29, 1.82) is 0 Å². The van der Waals surface area contributed by atoms with Crippen molar-refractivity contribution in [1.82, 2.24) is 14.8 Å². The fraction of sp³-hybridized carbons (Fsp3) is 0.375. The molecule has 0 spiro atoms. The number of nitrogens with zero attached hydrogens (tertiary/aromatic N) is 4. The van der Waals surface area contributed by atoms with Crippen LogP contribution in [0.4, 0.5) is 5.69 Å². The first-order valence-electron chi connectivity index (χ1n) is 13.5. The molecule has 0 unspecified atom stereocenters. The minimum atomic E-state index is -0.430. The topological polar surface area (TPSA) is 39.7 Å². The quantitative estimate of drug-likeness (QED) is 0.415. The highest BCUT2D eigenvalue weighted by molar-refractivity contribution is 5.91. The third kappa shape index (κ3) is 5.41. The molecule has 2 saturated heterocycles. The third-order valence-electron chi connectivity index (χ3n) is 8.36. The summed E-state index contributed by atoms with van der Waals surface area (Å²) in [5.74, 6) is 1.67. The van der Waals surface area contributed by atoms with E-state index in [-0.39, 0.29) is 5.92 Å². The molecule has 0 saturated carbocycles. The van der Waals surface area contributed by atoms with Gasteiger partial charge in [-0.3, -0.25) is 9.78 Å². The van der Waals surface area contributed by atoms with Crippen molar-refractivity contribution < 1.29 is 4.79 Å². The molecular weight excluding hydrogens is 456 g/mol. The van der Waals surface area contributed by atoms with E-state index in [4.69, 9.17) is 0 Å². The van der Waals surface area contributed by atoms with E-state index in [1.807, 2.05) is 30.6 Å². The molecule has 2 fully saturated rings. The number of ketones is 1. The number of piperidine rings is 1. The van der Waals surface area contributed by atoms with Gasteiger partial charge in [0, 0.05) is 51.9 Å². The molecule has 0 radical (unpaired) electrons. The van der Waals surface area contributed by atoms with Gasteiger partial charge >= 0.3 is 0 Å². The molecule has 1 aromatic heterocycles. The molecule has 5 heteroatoms. The summed E-state index contributed by atoms with van der Waals surface area (Å²) in [4.78, 5) is 25.4. The van der Waals surface area contributed by atoms with Crippen LogP contribution in [0.3, 0.4) is 0 Å². The predicted molar refractivity (Wildman–Crippen MR) is 151 cm³/mol. The van der Waals surface area contributed by atoms with Crippen LogP contribution in [0.2, 0.25) is 0 Å². The summed E-state index contributed by atoms with van der Waals surface area (Å²) >= 11 is 0. The van der Waals surface area contributed by atoms with Gasteiger partial charge in [0.05, 0.1) is 23.1 Å². The molecule has 5 rings (SSSR count). The average Bonchev–Trinajstić information content (AvgIpc) is 2.98. The molecule has 0 amide bonds. The van der Waals surface area contributed by atoms with Crippen molar-refractivity contribution in [2.75, 3.05) is 44.2 Å². The average molecular weight is 495 g/mol. The minimum Gasteiger partial charge on any atom is -0.367 e. The zero-order chi connectivity index (χ0) is 25.7. The third-order valence-corrected chi connectivity index (χ3v) is 8.36. The van der Waals surface area contributed by atoms with Crippen LogP contribution in [0, 0.1) is 0 Å². The van der Waals surface area contributed by atoms with Crippen molar-refractivity contribution in [2.24, 2.45) is 0 Å². The second-order valence-corrected chi connectivity index (χ2v) is 10.5. The molecule has 37 heavy (non-hydrogen) atoms. The van der Waals surface area contributed by atoms with Crippen LogP contribution in [0.5, 0.6) is 0 Å². The van der Waals surface area contributed by atoms with Gasteiger partial charge in [-0.15, -0.1) is 0 Å². The first-order valence-corrected chi connectivity index (χ1v) is 13.5. The van der Waals surface area contributed by atoms with Crippen LogP contribution in [-0.4, -0.2) is 59.8 Å². The first-order chi connectivity index (χ1) is 18.1. The fourth-order valence-electron chi connectivity index (χ4n) is 5.97. The number of pyridine rings is 1. The lowest BCUT2D eigenvalue weighted by atomic mass is 9.67. The van der Waals surface area contributed by atoms with E-state index in [0.29, 0.717) is 12.2 Å². The van der Waals surface area contributed by atoms with Crippen molar-refractivity contribution in [3.05, 3.63) is 109 Å². The number of likely N-dealkylation sites (tertiary alicyclic amines) is 1. The molecular formula is C32H38N4O. The molecule has 3 aromatic rings. The molecule has 192 valence electrons. The highest BCUT2D eigenvalue weighted by Crippen LogP contribution is 2.40. The summed E-state index contributed by atoms with van der Waals surface area (Å²) in [7, 11) is 0. The SMILES string of the molecule is C=C(N1CCN(c2cccnc2)CC1)N1CCC(C(=O)C[C@@H](C)c2ccccc2)(c2ccccc2)CC1. The fourth-order valence-corrected chi connectivity index (χ4v) is 5.97. The Labute approximate surface area is 221 Å². The standard InChI is InChI=1S/C32H38N4O/c1-26(28-10-5-3-6-11-28)24-31(37)32(29-12-7-4-8-13-29)15-18-34(19-16-32)27(2)35-20-22-36(23-21-35)30-14-9-17-33-25-30/h3-14,17,25-26H,2,15-16,18-24H2,1H3/t26-/m1/s1. The van der Waals surface area contributed by atoms with Crippen LogP contribution in [0.25, 0.3) is 0 Å². The van der Waals surface area contributed by atoms with Gasteiger partial charge in [-0.25, -0.2) is 0 Å². The monoisotopic (exact) mass is 494 g/mol. The zero-order valence-electron chi connectivity index (χ0n) is 21.9. The van der Waals surface area contributed by atoms with E-state index in [0.717, 1.165) is 63.5 Å². The lowest BCUT2D eigenvalue weighted by molar-refractivity contribution is -0.126. The second kappa shape index (κ2) is 11.2. The summed E-state index contributed by atoms with van der Waals surface area (Å²) in [5.41, 5.74) is 3.15. The second-order valence-electron chi connectivity index (χ2n) is 10.5. The van der Waals surface area contributed by atoms with E-state index in [2.05, 4.69) is 87.8 Å². The number of hydrogen-bond acceptors (Lipinski definition) is 5. The van der Waals surface area contributed by atoms with Crippen molar-refractivity contribution in [3.63, 3.8) is 0 Å². The number of benzene rings is 2. The molecule has 2 aromatic carbocycles. The van der Waals surface area contributed by atoms with Crippen LogP contribution >= 0.6 is 0 Å². The number of anilines is 1. The maximum Gasteiger partial charge on any atom is 0.144 e. The molecule has 1 atom stereocenters. The van der Waals surface area contributed by atoms with Gasteiger partial charge in [-0.05, 0) is 42.0 Å². The molecule has 5 nitrogen and oxygen atoms in total. The van der Waals surface area contributed by atoms with Crippen LogP contribution in [0.15, 0.2) is 97.6 Å². The van der Waals surface area contributed by atoms with Crippen molar-refractivity contribution >= 4 is 11.5 Å². The van der Waals surface area contributed by atoms with E-state index in [1.54, 1.807) is 0 Å². The smallest absolute Gasteiger partial charge is 0.144 e. The number of aromatic nitrogens is 1. The Kier molecular flexibility index (Phi) is 7.59. The van der Waals surface area contributed by atoms with Crippen molar-refractivity contribution in [2.45, 2.75) is 37.5 Å². The molecule has 2 aliphatic heterocycles. The summed E-state index contributed by atoms with van der Waals surface area (Å²) in [6, 6.07) is 25.0. The zero-order valence-corrected chi connectivity index (χ0v) is 21.9. The molecule has 0 aliphatic carbocycles. The molecule has 0 bridgehead atoms. The van der Waals surface area contributed by atoms with Gasteiger partial charge in [-0.2, -0.15) is 0 Å². The number of rotatable bonds is 8. The lowest BCUT2D eigenvalue weighted by Gasteiger charge is -2.46. The van der Waals surface area contributed by atoms with Crippen molar-refractivity contribution in [3.8, 4) is 0 Å². The highest BCUT2D eigenvalue weighted by Gasteiger charge is 2.43. The Hall–Kier alpha value is -3.60. The van der Waals surface area contributed by atoms with Gasteiger partial charge in [0.15, 0.2) is 0 Å². The van der Waals surface area contributed by atoms with Gasteiger partial charge in [0.2, 0.25) is 0 Å². The normalized spacial score (nSPS) is 18.4. The molecule has 2 aliphatic rings. The molecule has 0 N–H and O–H groups in total. The Bertz CT molecular complexity index is 1170. The largest absolute Gasteiger partial charge is 0.367 e. The van der Waals surface area contributed by atoms with Crippen LogP contribution in [0.1, 0.15) is 43.2 Å². The first kappa shape index (κ1) is 25.1. The maximum absolute atomic E-state index is 14.0.